The van der Waals surface area contributed by atoms with Crippen LogP contribution < -0.4 is 10.1 Å². The third kappa shape index (κ3) is 4.48. The second-order valence-corrected chi connectivity index (χ2v) is 7.02. The lowest BCUT2D eigenvalue weighted by Crippen LogP contribution is -2.41. The van der Waals surface area contributed by atoms with Gasteiger partial charge in [-0.15, -0.1) is 0 Å². The molecule has 1 saturated carbocycles. The van der Waals surface area contributed by atoms with Crippen molar-refractivity contribution in [3.63, 3.8) is 0 Å². The molecule has 3 nitrogen and oxygen atoms in total. The van der Waals surface area contributed by atoms with Gasteiger partial charge in [-0.2, -0.15) is 0 Å². The Morgan fingerprint density at radius 2 is 1.76 bits per heavy atom. The SMILES string of the molecule is C[C@@H](Oc1ccc(C(C)(C)C)cc1)C(=O)NC1CCCC1. The van der Waals surface area contributed by atoms with Crippen LogP contribution in [0.5, 0.6) is 5.75 Å². The second kappa shape index (κ2) is 6.50. The topological polar surface area (TPSA) is 38.3 Å². The standard InChI is InChI=1S/C18H27NO2/c1-13(17(20)19-15-7-5-6-8-15)21-16-11-9-14(10-12-16)18(2,3)4/h9-13,15H,5-8H2,1-4H3,(H,19,20)/t13-/m1/s1. The zero-order valence-corrected chi connectivity index (χ0v) is 13.6. The predicted molar refractivity (Wildman–Crippen MR) is 85.6 cm³/mol. The normalized spacial score (nSPS) is 17.5. The Hall–Kier alpha value is -1.51. The van der Waals surface area contributed by atoms with Crippen LogP contribution in [-0.4, -0.2) is 18.1 Å². The number of rotatable bonds is 4. The van der Waals surface area contributed by atoms with E-state index in [0.717, 1.165) is 18.6 Å². The Morgan fingerprint density at radius 1 is 1.19 bits per heavy atom. The van der Waals surface area contributed by atoms with E-state index in [1.807, 2.05) is 19.1 Å². The van der Waals surface area contributed by atoms with Crippen molar-refractivity contribution in [3.05, 3.63) is 29.8 Å². The summed E-state index contributed by atoms with van der Waals surface area (Å²) in [4.78, 5) is 12.1. The number of carbonyl (C=O) groups excluding carboxylic acids is 1. The molecule has 1 N–H and O–H groups in total. The summed E-state index contributed by atoms with van der Waals surface area (Å²) in [5.74, 6) is 0.735. The van der Waals surface area contributed by atoms with Crippen LogP contribution in [0.1, 0.15) is 58.9 Å². The lowest BCUT2D eigenvalue weighted by atomic mass is 9.87. The molecule has 1 fully saturated rings. The summed E-state index contributed by atoms with van der Waals surface area (Å²) < 4.78 is 5.74. The van der Waals surface area contributed by atoms with Crippen molar-refractivity contribution in [2.45, 2.75) is 70.9 Å². The fraction of sp³-hybridized carbons (Fsp3) is 0.611. The average Bonchev–Trinajstić information content (AvgIpc) is 2.91. The van der Waals surface area contributed by atoms with Crippen LogP contribution in [0.25, 0.3) is 0 Å². The van der Waals surface area contributed by atoms with Crippen LogP contribution in [-0.2, 0) is 10.2 Å². The zero-order chi connectivity index (χ0) is 15.5. The van der Waals surface area contributed by atoms with E-state index in [4.69, 9.17) is 4.74 Å². The summed E-state index contributed by atoms with van der Waals surface area (Å²) in [7, 11) is 0. The maximum atomic E-state index is 12.1. The lowest BCUT2D eigenvalue weighted by molar-refractivity contribution is -0.127. The summed E-state index contributed by atoms with van der Waals surface area (Å²) in [6, 6.07) is 8.36. The number of ether oxygens (including phenoxy) is 1. The van der Waals surface area contributed by atoms with Crippen LogP contribution in [0.3, 0.4) is 0 Å². The molecule has 1 atom stereocenters. The van der Waals surface area contributed by atoms with Gasteiger partial charge in [0.1, 0.15) is 5.75 Å². The molecule has 1 aromatic rings. The third-order valence-corrected chi connectivity index (χ3v) is 4.10. The summed E-state index contributed by atoms with van der Waals surface area (Å²) in [5, 5.41) is 3.07. The summed E-state index contributed by atoms with van der Waals surface area (Å²) >= 11 is 0. The van der Waals surface area contributed by atoms with E-state index in [1.165, 1.54) is 18.4 Å². The molecule has 2 rings (SSSR count). The van der Waals surface area contributed by atoms with Gasteiger partial charge in [-0.25, -0.2) is 0 Å². The van der Waals surface area contributed by atoms with E-state index >= 15 is 0 Å². The summed E-state index contributed by atoms with van der Waals surface area (Å²) in [6.07, 6.45) is 4.17. The molecule has 3 heteroatoms. The van der Waals surface area contributed by atoms with Crippen LogP contribution in [0, 0.1) is 0 Å². The van der Waals surface area contributed by atoms with E-state index in [0.29, 0.717) is 6.04 Å². The molecule has 0 spiro atoms. The first-order chi connectivity index (χ1) is 9.86. The molecule has 1 amide bonds. The summed E-state index contributed by atoms with van der Waals surface area (Å²) in [6.45, 7) is 8.35. The molecule has 0 bridgehead atoms. The van der Waals surface area contributed by atoms with Crippen LogP contribution in [0.15, 0.2) is 24.3 Å². The van der Waals surface area contributed by atoms with Gasteiger partial charge in [0, 0.05) is 6.04 Å². The number of benzene rings is 1. The van der Waals surface area contributed by atoms with Gasteiger partial charge in [0.2, 0.25) is 0 Å². The van der Waals surface area contributed by atoms with Crippen molar-refractivity contribution in [2.75, 3.05) is 0 Å². The lowest BCUT2D eigenvalue weighted by Gasteiger charge is -2.21. The first-order valence-corrected chi connectivity index (χ1v) is 7.94. The molecule has 0 saturated heterocycles. The molecule has 1 aliphatic rings. The molecule has 116 valence electrons. The highest BCUT2D eigenvalue weighted by Gasteiger charge is 2.21. The number of nitrogens with one attached hydrogen (secondary N) is 1. The molecule has 0 unspecified atom stereocenters. The zero-order valence-electron chi connectivity index (χ0n) is 13.6. The minimum Gasteiger partial charge on any atom is -0.481 e. The molecule has 0 radical (unpaired) electrons. The molecule has 0 heterocycles. The Morgan fingerprint density at radius 3 is 2.29 bits per heavy atom. The van der Waals surface area contributed by atoms with Gasteiger partial charge in [0.15, 0.2) is 6.10 Å². The van der Waals surface area contributed by atoms with Gasteiger partial charge in [-0.3, -0.25) is 4.79 Å². The van der Waals surface area contributed by atoms with Crippen LogP contribution in [0.4, 0.5) is 0 Å². The van der Waals surface area contributed by atoms with Crippen molar-refractivity contribution < 1.29 is 9.53 Å². The van der Waals surface area contributed by atoms with E-state index < -0.39 is 6.10 Å². The second-order valence-electron chi connectivity index (χ2n) is 7.02. The number of hydrogen-bond donors (Lipinski definition) is 1. The van der Waals surface area contributed by atoms with E-state index in [1.54, 1.807) is 0 Å². The largest absolute Gasteiger partial charge is 0.481 e. The molecule has 1 aliphatic carbocycles. The Bertz CT molecular complexity index is 467. The minimum atomic E-state index is -0.453. The van der Waals surface area contributed by atoms with Crippen molar-refractivity contribution in [1.29, 1.82) is 0 Å². The first kappa shape index (κ1) is 15.9. The Balaban J connectivity index is 1.89. The van der Waals surface area contributed by atoms with Crippen molar-refractivity contribution in [2.24, 2.45) is 0 Å². The van der Waals surface area contributed by atoms with E-state index in [2.05, 4.69) is 38.2 Å². The van der Waals surface area contributed by atoms with E-state index in [9.17, 15) is 4.79 Å². The highest BCUT2D eigenvalue weighted by molar-refractivity contribution is 5.81. The Labute approximate surface area is 128 Å². The van der Waals surface area contributed by atoms with Crippen molar-refractivity contribution in [1.82, 2.24) is 5.32 Å². The first-order valence-electron chi connectivity index (χ1n) is 7.94. The van der Waals surface area contributed by atoms with Crippen LogP contribution in [0.2, 0.25) is 0 Å². The smallest absolute Gasteiger partial charge is 0.260 e. The maximum absolute atomic E-state index is 12.1. The highest BCUT2D eigenvalue weighted by atomic mass is 16.5. The predicted octanol–water partition coefficient (Wildman–Crippen LogP) is 3.81. The van der Waals surface area contributed by atoms with Gasteiger partial charge in [0.05, 0.1) is 0 Å². The number of amides is 1. The van der Waals surface area contributed by atoms with Gasteiger partial charge in [0.25, 0.3) is 5.91 Å². The van der Waals surface area contributed by atoms with Crippen LogP contribution >= 0.6 is 0 Å². The monoisotopic (exact) mass is 289 g/mol. The maximum Gasteiger partial charge on any atom is 0.260 e. The minimum absolute atomic E-state index is 0.0122. The van der Waals surface area contributed by atoms with Gasteiger partial charge in [-0.1, -0.05) is 45.7 Å². The third-order valence-electron chi connectivity index (χ3n) is 4.10. The van der Waals surface area contributed by atoms with Crippen molar-refractivity contribution in [3.8, 4) is 5.75 Å². The van der Waals surface area contributed by atoms with Crippen molar-refractivity contribution >= 4 is 5.91 Å². The molecule has 0 aliphatic heterocycles. The number of hydrogen-bond acceptors (Lipinski definition) is 2. The highest BCUT2D eigenvalue weighted by Crippen LogP contribution is 2.24. The number of carbonyl (C=O) groups is 1. The molecule has 21 heavy (non-hydrogen) atoms. The summed E-state index contributed by atoms with van der Waals surface area (Å²) in [5.41, 5.74) is 1.39. The molecule has 1 aromatic carbocycles. The molecular weight excluding hydrogens is 262 g/mol. The van der Waals surface area contributed by atoms with Gasteiger partial charge in [-0.05, 0) is 42.9 Å². The molecular formula is C18H27NO2. The molecule has 0 aromatic heterocycles. The van der Waals surface area contributed by atoms with Gasteiger partial charge >= 0.3 is 0 Å². The Kier molecular flexibility index (Phi) is 4.92. The van der Waals surface area contributed by atoms with E-state index in [-0.39, 0.29) is 11.3 Å². The quantitative estimate of drug-likeness (QED) is 0.915. The fourth-order valence-corrected chi connectivity index (χ4v) is 2.68. The average molecular weight is 289 g/mol. The van der Waals surface area contributed by atoms with Gasteiger partial charge < -0.3 is 10.1 Å². The fourth-order valence-electron chi connectivity index (χ4n) is 2.68.